The average molecular weight is 302 g/mol. The molecule has 21 heavy (non-hydrogen) atoms. The number of hydrogen-bond donors (Lipinski definition) is 1. The van der Waals surface area contributed by atoms with Crippen LogP contribution < -0.4 is 5.32 Å². The molecule has 1 heterocycles. The summed E-state index contributed by atoms with van der Waals surface area (Å²) in [6.07, 6.45) is 5.46. The summed E-state index contributed by atoms with van der Waals surface area (Å²) in [7, 11) is 0. The highest BCUT2D eigenvalue weighted by Gasteiger charge is 2.17. The Morgan fingerprint density at radius 1 is 1.24 bits per heavy atom. The smallest absolute Gasteiger partial charge is 0.138 e. The quantitative estimate of drug-likeness (QED) is 0.849. The molecule has 0 saturated heterocycles. The zero-order valence-electron chi connectivity index (χ0n) is 12.7. The summed E-state index contributed by atoms with van der Waals surface area (Å²) in [6, 6.07) is 8.60. The molecule has 0 bridgehead atoms. The summed E-state index contributed by atoms with van der Waals surface area (Å²) < 4.78 is 5.23. The fourth-order valence-electron chi connectivity index (χ4n) is 2.84. The number of nitrogens with zero attached hydrogens (tertiary/aromatic N) is 1. The summed E-state index contributed by atoms with van der Waals surface area (Å²) >= 11 is 2.02. The Bertz CT molecular complexity index is 583. The third kappa shape index (κ3) is 3.43. The third-order valence-corrected chi connectivity index (χ3v) is 5.53. The predicted octanol–water partition coefficient (Wildman–Crippen LogP) is 4.94. The monoisotopic (exact) mass is 302 g/mol. The minimum absolute atomic E-state index is 0.767. The van der Waals surface area contributed by atoms with Crippen LogP contribution in [0.4, 0.5) is 5.69 Å². The lowest BCUT2D eigenvalue weighted by molar-refractivity contribution is 0.392. The number of hydrogen-bond acceptors (Lipinski definition) is 4. The molecule has 1 aliphatic rings. The highest BCUT2D eigenvalue weighted by molar-refractivity contribution is 8.00. The number of rotatable bonds is 5. The van der Waals surface area contributed by atoms with Gasteiger partial charge in [0.05, 0.1) is 5.69 Å². The van der Waals surface area contributed by atoms with E-state index in [0.29, 0.717) is 0 Å². The topological polar surface area (TPSA) is 38.1 Å². The van der Waals surface area contributed by atoms with Crippen LogP contribution in [0.3, 0.4) is 0 Å². The fourth-order valence-corrected chi connectivity index (χ4v) is 4.19. The first-order valence-electron chi connectivity index (χ1n) is 7.65. The van der Waals surface area contributed by atoms with Crippen LogP contribution in [0, 0.1) is 13.8 Å². The van der Waals surface area contributed by atoms with Crippen LogP contribution in [0.1, 0.15) is 42.7 Å². The number of nitrogens with one attached hydrogen (secondary N) is 1. The molecular formula is C17H22N2OS. The molecule has 0 unspecified atom stereocenters. The van der Waals surface area contributed by atoms with Crippen molar-refractivity contribution in [3.8, 4) is 0 Å². The largest absolute Gasteiger partial charge is 0.380 e. The lowest BCUT2D eigenvalue weighted by Gasteiger charge is -2.14. The molecule has 1 fully saturated rings. The molecule has 4 heteroatoms. The predicted molar refractivity (Wildman–Crippen MR) is 87.9 cm³/mol. The van der Waals surface area contributed by atoms with Gasteiger partial charge in [-0.15, -0.1) is 11.8 Å². The first-order chi connectivity index (χ1) is 10.2. The molecular weight excluding hydrogens is 280 g/mol. The highest BCUT2D eigenvalue weighted by atomic mass is 32.2. The molecule has 1 aromatic carbocycles. The number of aryl methyl sites for hydroxylation is 2. The second-order valence-corrected chi connectivity index (χ2v) is 7.02. The van der Waals surface area contributed by atoms with Gasteiger partial charge in [0.1, 0.15) is 5.76 Å². The molecule has 2 aromatic rings. The van der Waals surface area contributed by atoms with Crippen molar-refractivity contribution >= 4 is 17.4 Å². The van der Waals surface area contributed by atoms with Crippen LogP contribution in [-0.2, 0) is 6.54 Å². The van der Waals surface area contributed by atoms with E-state index in [4.69, 9.17) is 4.52 Å². The van der Waals surface area contributed by atoms with Gasteiger partial charge in [0.15, 0.2) is 0 Å². The second-order valence-electron chi connectivity index (χ2n) is 5.68. The van der Waals surface area contributed by atoms with E-state index < -0.39 is 0 Å². The van der Waals surface area contributed by atoms with Crippen LogP contribution in [-0.4, -0.2) is 10.4 Å². The van der Waals surface area contributed by atoms with Crippen molar-refractivity contribution in [3.05, 3.63) is 41.3 Å². The van der Waals surface area contributed by atoms with Crippen molar-refractivity contribution in [2.75, 3.05) is 5.32 Å². The molecule has 112 valence electrons. The molecule has 0 atom stereocenters. The Hall–Kier alpha value is -1.42. The SMILES string of the molecule is Cc1noc(C)c1CNc1ccccc1SC1CCCC1. The molecule has 0 aliphatic heterocycles. The van der Waals surface area contributed by atoms with Crippen LogP contribution in [0.25, 0.3) is 0 Å². The summed E-state index contributed by atoms with van der Waals surface area (Å²) in [5.41, 5.74) is 3.35. The van der Waals surface area contributed by atoms with Gasteiger partial charge in [-0.1, -0.05) is 30.1 Å². The van der Waals surface area contributed by atoms with Crippen molar-refractivity contribution in [2.45, 2.75) is 56.2 Å². The summed E-state index contributed by atoms with van der Waals surface area (Å²) in [6.45, 7) is 4.73. The summed E-state index contributed by atoms with van der Waals surface area (Å²) in [5.74, 6) is 0.904. The van der Waals surface area contributed by atoms with Gasteiger partial charge in [0.25, 0.3) is 0 Å². The van der Waals surface area contributed by atoms with Gasteiger partial charge >= 0.3 is 0 Å². The summed E-state index contributed by atoms with van der Waals surface area (Å²) in [4.78, 5) is 1.36. The second kappa shape index (κ2) is 6.56. The van der Waals surface area contributed by atoms with E-state index in [2.05, 4.69) is 34.7 Å². The average Bonchev–Trinajstić information content (AvgIpc) is 3.10. The Balaban J connectivity index is 1.70. The van der Waals surface area contributed by atoms with Crippen molar-refractivity contribution in [3.63, 3.8) is 0 Å². The van der Waals surface area contributed by atoms with E-state index in [-0.39, 0.29) is 0 Å². The Morgan fingerprint density at radius 2 is 2.00 bits per heavy atom. The normalized spacial score (nSPS) is 15.5. The zero-order valence-corrected chi connectivity index (χ0v) is 13.5. The van der Waals surface area contributed by atoms with Gasteiger partial charge in [0.2, 0.25) is 0 Å². The minimum Gasteiger partial charge on any atom is -0.380 e. The fraction of sp³-hybridized carbons (Fsp3) is 0.471. The molecule has 0 spiro atoms. The van der Waals surface area contributed by atoms with Crippen LogP contribution in [0.5, 0.6) is 0 Å². The lowest BCUT2D eigenvalue weighted by Crippen LogP contribution is -2.03. The van der Waals surface area contributed by atoms with E-state index in [0.717, 1.165) is 28.8 Å². The van der Waals surface area contributed by atoms with Gasteiger partial charge in [-0.2, -0.15) is 0 Å². The van der Waals surface area contributed by atoms with Gasteiger partial charge < -0.3 is 9.84 Å². The number of thioether (sulfide) groups is 1. The molecule has 1 aliphatic carbocycles. The number of aromatic nitrogens is 1. The van der Waals surface area contributed by atoms with Gasteiger partial charge in [-0.25, -0.2) is 0 Å². The Labute approximate surface area is 130 Å². The van der Waals surface area contributed by atoms with Crippen molar-refractivity contribution in [1.29, 1.82) is 0 Å². The van der Waals surface area contributed by atoms with Crippen molar-refractivity contribution in [2.24, 2.45) is 0 Å². The van der Waals surface area contributed by atoms with Gasteiger partial charge in [-0.05, 0) is 38.8 Å². The maximum Gasteiger partial charge on any atom is 0.138 e. The number of anilines is 1. The van der Waals surface area contributed by atoms with Gasteiger partial charge in [0, 0.05) is 27.9 Å². The van der Waals surface area contributed by atoms with Crippen molar-refractivity contribution < 1.29 is 4.52 Å². The minimum atomic E-state index is 0.767. The van der Waals surface area contributed by atoms with Crippen LogP contribution >= 0.6 is 11.8 Å². The first-order valence-corrected chi connectivity index (χ1v) is 8.53. The van der Waals surface area contributed by atoms with Crippen molar-refractivity contribution in [1.82, 2.24) is 5.16 Å². The maximum absolute atomic E-state index is 5.23. The Kier molecular flexibility index (Phi) is 4.54. The van der Waals surface area contributed by atoms with E-state index in [1.54, 1.807) is 0 Å². The summed E-state index contributed by atoms with van der Waals surface area (Å²) in [5, 5.41) is 8.35. The zero-order chi connectivity index (χ0) is 14.7. The molecule has 1 saturated carbocycles. The number of benzene rings is 1. The van der Waals surface area contributed by atoms with E-state index in [9.17, 15) is 0 Å². The van der Waals surface area contributed by atoms with E-state index in [1.807, 2.05) is 25.6 Å². The number of para-hydroxylation sites is 1. The van der Waals surface area contributed by atoms with E-state index in [1.165, 1.54) is 36.3 Å². The molecule has 0 amide bonds. The molecule has 0 radical (unpaired) electrons. The third-order valence-electron chi connectivity index (χ3n) is 4.12. The molecule has 3 nitrogen and oxygen atoms in total. The maximum atomic E-state index is 5.23. The lowest BCUT2D eigenvalue weighted by atomic mass is 10.2. The molecule has 3 rings (SSSR count). The first kappa shape index (κ1) is 14.5. The standard InChI is InChI=1S/C17H22N2OS/c1-12-15(13(2)20-19-12)11-18-16-9-5-6-10-17(16)21-14-7-3-4-8-14/h5-6,9-10,14,18H,3-4,7-8,11H2,1-2H3. The van der Waals surface area contributed by atoms with Crippen LogP contribution in [0.15, 0.2) is 33.7 Å². The van der Waals surface area contributed by atoms with Crippen LogP contribution in [0.2, 0.25) is 0 Å². The molecule has 1 N–H and O–H groups in total. The molecule has 1 aromatic heterocycles. The van der Waals surface area contributed by atoms with E-state index >= 15 is 0 Å². The highest BCUT2D eigenvalue weighted by Crippen LogP contribution is 2.38. The van der Waals surface area contributed by atoms with Gasteiger partial charge in [-0.3, -0.25) is 0 Å². The Morgan fingerprint density at radius 3 is 2.71 bits per heavy atom.